The van der Waals surface area contributed by atoms with Crippen molar-refractivity contribution in [2.24, 2.45) is 5.92 Å². The van der Waals surface area contributed by atoms with Gasteiger partial charge in [-0.05, 0) is 18.8 Å². The van der Waals surface area contributed by atoms with Crippen LogP contribution in [0.15, 0.2) is 0 Å². The molecule has 15 heavy (non-hydrogen) atoms. The van der Waals surface area contributed by atoms with Crippen molar-refractivity contribution in [2.75, 3.05) is 6.54 Å². The highest BCUT2D eigenvalue weighted by Crippen LogP contribution is 2.04. The van der Waals surface area contributed by atoms with Crippen LogP contribution in [0.25, 0.3) is 0 Å². The van der Waals surface area contributed by atoms with E-state index in [9.17, 15) is 9.59 Å². The first-order valence-electron chi connectivity index (χ1n) is 5.45. The third-order valence-electron chi connectivity index (χ3n) is 2.08. The molecule has 4 nitrogen and oxygen atoms in total. The summed E-state index contributed by atoms with van der Waals surface area (Å²) < 4.78 is 0. The maximum atomic E-state index is 11.2. The summed E-state index contributed by atoms with van der Waals surface area (Å²) in [4.78, 5) is 22.0. The van der Waals surface area contributed by atoms with Crippen LogP contribution in [0.1, 0.15) is 40.0 Å². The molecule has 0 rings (SSSR count). The normalized spacial score (nSPS) is 12.8. The largest absolute Gasteiger partial charge is 0.480 e. The lowest BCUT2D eigenvalue weighted by Crippen LogP contribution is -2.40. The maximum absolute atomic E-state index is 11.2. The van der Waals surface area contributed by atoms with E-state index >= 15 is 0 Å². The number of hydrogen-bond donors (Lipinski definition) is 2. The van der Waals surface area contributed by atoms with E-state index in [1.54, 1.807) is 0 Å². The van der Waals surface area contributed by atoms with E-state index in [-0.39, 0.29) is 12.3 Å². The van der Waals surface area contributed by atoms with Crippen molar-refractivity contribution in [1.29, 1.82) is 0 Å². The number of nitrogens with one attached hydrogen (secondary N) is 1. The molecule has 2 N–H and O–H groups in total. The Morgan fingerprint density at radius 2 is 1.93 bits per heavy atom. The molecule has 0 heterocycles. The Balaban J connectivity index is 3.96. The molecule has 0 aromatic carbocycles. The summed E-state index contributed by atoms with van der Waals surface area (Å²) in [5.74, 6) is -0.500. The molecule has 0 aliphatic carbocycles. The van der Waals surface area contributed by atoms with Gasteiger partial charge in [-0.15, -0.1) is 0 Å². The molecule has 0 saturated heterocycles. The molecule has 0 bridgehead atoms. The average Bonchev–Trinajstić information content (AvgIpc) is 2.11. The standard InChI is InChI=1S/C11H21NO3/c1-4-5-9(13)7-12-10(11(14)15)6-8(2)3/h8,10,12H,4-7H2,1-3H3,(H,14,15)/t10-/m0/s1. The summed E-state index contributed by atoms with van der Waals surface area (Å²) in [6.07, 6.45) is 1.87. The molecule has 0 aromatic rings. The lowest BCUT2D eigenvalue weighted by atomic mass is 10.0. The number of carboxylic acid groups (broad SMARTS) is 1. The zero-order valence-corrected chi connectivity index (χ0v) is 9.75. The van der Waals surface area contributed by atoms with Gasteiger partial charge in [0.25, 0.3) is 0 Å². The first kappa shape index (κ1) is 14.1. The molecule has 0 spiro atoms. The molecule has 0 unspecified atom stereocenters. The van der Waals surface area contributed by atoms with Gasteiger partial charge in [-0.3, -0.25) is 14.9 Å². The van der Waals surface area contributed by atoms with Crippen LogP contribution >= 0.6 is 0 Å². The van der Waals surface area contributed by atoms with Crippen LogP contribution in [0.5, 0.6) is 0 Å². The molecule has 0 amide bonds. The van der Waals surface area contributed by atoms with E-state index in [0.29, 0.717) is 18.8 Å². The molecule has 0 aliphatic heterocycles. The van der Waals surface area contributed by atoms with Crippen molar-refractivity contribution in [3.8, 4) is 0 Å². The summed E-state index contributed by atoms with van der Waals surface area (Å²) in [6.45, 7) is 6.02. The number of carboxylic acids is 1. The number of hydrogen-bond acceptors (Lipinski definition) is 3. The minimum Gasteiger partial charge on any atom is -0.480 e. The molecule has 0 aromatic heterocycles. The zero-order chi connectivity index (χ0) is 11.8. The highest BCUT2D eigenvalue weighted by atomic mass is 16.4. The highest BCUT2D eigenvalue weighted by Gasteiger charge is 2.18. The lowest BCUT2D eigenvalue weighted by molar-refractivity contribution is -0.140. The number of ketones is 1. The van der Waals surface area contributed by atoms with Gasteiger partial charge in [-0.25, -0.2) is 0 Å². The van der Waals surface area contributed by atoms with Gasteiger partial charge in [-0.1, -0.05) is 20.8 Å². The average molecular weight is 215 g/mol. The SMILES string of the molecule is CCCC(=O)CN[C@@H](CC(C)C)C(=O)O. The van der Waals surface area contributed by atoms with Crippen molar-refractivity contribution in [2.45, 2.75) is 46.1 Å². The van der Waals surface area contributed by atoms with Crippen molar-refractivity contribution in [1.82, 2.24) is 5.32 Å². The van der Waals surface area contributed by atoms with Crippen LogP contribution in [0, 0.1) is 5.92 Å². The fourth-order valence-electron chi connectivity index (χ4n) is 1.35. The maximum Gasteiger partial charge on any atom is 0.320 e. The van der Waals surface area contributed by atoms with E-state index < -0.39 is 12.0 Å². The van der Waals surface area contributed by atoms with Crippen LogP contribution in [0.4, 0.5) is 0 Å². The van der Waals surface area contributed by atoms with Gasteiger partial charge in [-0.2, -0.15) is 0 Å². The van der Waals surface area contributed by atoms with E-state index in [1.807, 2.05) is 20.8 Å². The van der Waals surface area contributed by atoms with Gasteiger partial charge in [0.15, 0.2) is 0 Å². The molecule has 1 atom stereocenters. The molecular weight excluding hydrogens is 194 g/mol. The van der Waals surface area contributed by atoms with Crippen molar-refractivity contribution in [3.05, 3.63) is 0 Å². The summed E-state index contributed by atoms with van der Waals surface area (Å²) in [5, 5.41) is 11.7. The Kier molecular flexibility index (Phi) is 6.96. The second-order valence-electron chi connectivity index (χ2n) is 4.19. The minimum atomic E-state index is -0.881. The van der Waals surface area contributed by atoms with E-state index in [2.05, 4.69) is 5.32 Å². The van der Waals surface area contributed by atoms with E-state index in [1.165, 1.54) is 0 Å². The number of aliphatic carboxylic acids is 1. The monoisotopic (exact) mass is 215 g/mol. The topological polar surface area (TPSA) is 66.4 Å². The lowest BCUT2D eigenvalue weighted by Gasteiger charge is -2.15. The fraction of sp³-hybridized carbons (Fsp3) is 0.818. The predicted molar refractivity (Wildman–Crippen MR) is 58.8 cm³/mol. The minimum absolute atomic E-state index is 0.0764. The van der Waals surface area contributed by atoms with Crippen molar-refractivity contribution >= 4 is 11.8 Å². The zero-order valence-electron chi connectivity index (χ0n) is 9.75. The summed E-state index contributed by atoms with van der Waals surface area (Å²) in [5.41, 5.74) is 0. The molecule has 0 saturated carbocycles. The number of carbonyl (C=O) groups is 2. The van der Waals surface area contributed by atoms with Crippen LogP contribution in [-0.2, 0) is 9.59 Å². The third kappa shape index (κ3) is 7.08. The van der Waals surface area contributed by atoms with Crippen LogP contribution in [0.3, 0.4) is 0 Å². The third-order valence-corrected chi connectivity index (χ3v) is 2.08. The van der Waals surface area contributed by atoms with Gasteiger partial charge in [0, 0.05) is 6.42 Å². The van der Waals surface area contributed by atoms with Gasteiger partial charge in [0.1, 0.15) is 11.8 Å². The molecule has 0 fully saturated rings. The first-order chi connectivity index (χ1) is 6.97. The summed E-state index contributed by atoms with van der Waals surface area (Å²) in [7, 11) is 0. The molecular formula is C11H21NO3. The van der Waals surface area contributed by atoms with Gasteiger partial charge in [0.2, 0.25) is 0 Å². The van der Waals surface area contributed by atoms with Gasteiger partial charge in [0.05, 0.1) is 6.54 Å². The predicted octanol–water partition coefficient (Wildman–Crippen LogP) is 1.44. The number of rotatable bonds is 8. The summed E-state index contributed by atoms with van der Waals surface area (Å²) >= 11 is 0. The Hall–Kier alpha value is -0.900. The quantitative estimate of drug-likeness (QED) is 0.643. The molecule has 4 heteroatoms. The van der Waals surface area contributed by atoms with Crippen LogP contribution in [0.2, 0.25) is 0 Å². The van der Waals surface area contributed by atoms with Crippen molar-refractivity contribution < 1.29 is 14.7 Å². The number of carbonyl (C=O) groups excluding carboxylic acids is 1. The second kappa shape index (κ2) is 7.40. The van der Waals surface area contributed by atoms with Gasteiger partial charge >= 0.3 is 5.97 Å². The van der Waals surface area contributed by atoms with E-state index in [4.69, 9.17) is 5.11 Å². The second-order valence-corrected chi connectivity index (χ2v) is 4.19. The number of Topliss-reactive ketones (excluding diaryl/α,β-unsaturated/α-hetero) is 1. The smallest absolute Gasteiger partial charge is 0.320 e. The first-order valence-corrected chi connectivity index (χ1v) is 5.45. The summed E-state index contributed by atoms with van der Waals surface area (Å²) in [6, 6.07) is -0.606. The Morgan fingerprint density at radius 1 is 1.33 bits per heavy atom. The van der Waals surface area contributed by atoms with Gasteiger partial charge < -0.3 is 5.11 Å². The Bertz CT molecular complexity index is 214. The van der Waals surface area contributed by atoms with Crippen molar-refractivity contribution in [3.63, 3.8) is 0 Å². The molecule has 88 valence electrons. The molecule has 0 radical (unpaired) electrons. The molecule has 0 aliphatic rings. The highest BCUT2D eigenvalue weighted by molar-refractivity contribution is 5.81. The van der Waals surface area contributed by atoms with Crippen LogP contribution < -0.4 is 5.32 Å². The van der Waals surface area contributed by atoms with E-state index in [0.717, 1.165) is 6.42 Å². The fourth-order valence-corrected chi connectivity index (χ4v) is 1.35. The van der Waals surface area contributed by atoms with Crippen LogP contribution in [-0.4, -0.2) is 29.4 Å². The Labute approximate surface area is 91.1 Å². The Morgan fingerprint density at radius 3 is 2.33 bits per heavy atom.